The molecule has 180 valence electrons. The summed E-state index contributed by atoms with van der Waals surface area (Å²) in [6.45, 7) is 1.99. The third kappa shape index (κ3) is 3.83. The minimum absolute atomic E-state index is 0.254. The molecular weight excluding hydrogens is 479 g/mol. The zero-order chi connectivity index (χ0) is 24.3. The van der Waals surface area contributed by atoms with Gasteiger partial charge >= 0.3 is 6.18 Å². The lowest BCUT2D eigenvalue weighted by molar-refractivity contribution is -0.140. The van der Waals surface area contributed by atoms with Gasteiger partial charge in [-0.25, -0.2) is 9.97 Å². The first-order valence-electron chi connectivity index (χ1n) is 11.3. The van der Waals surface area contributed by atoms with Gasteiger partial charge < -0.3 is 15.1 Å². The lowest BCUT2D eigenvalue weighted by Gasteiger charge is -2.38. The lowest BCUT2D eigenvalue weighted by Crippen LogP contribution is -2.52. The van der Waals surface area contributed by atoms with Crippen LogP contribution in [0.15, 0.2) is 44.7 Å². The Kier molecular flexibility index (Phi) is 5.06. The molecule has 7 nitrogen and oxygen atoms in total. The maximum absolute atomic E-state index is 13.4. The number of anilines is 3. The summed E-state index contributed by atoms with van der Waals surface area (Å²) >= 11 is 1.45. The second kappa shape index (κ2) is 8.04. The van der Waals surface area contributed by atoms with E-state index >= 15 is 0 Å². The SMILES string of the molecule is O=c1c(NC2CC2)c(N2CCN(c3ncc(-c4ccsc4)c4nc(C(F)(F)F)ccc34)CC2)c1=O. The highest BCUT2D eigenvalue weighted by molar-refractivity contribution is 7.08. The lowest BCUT2D eigenvalue weighted by atomic mass is 10.1. The van der Waals surface area contributed by atoms with Crippen molar-refractivity contribution in [3.05, 3.63) is 61.3 Å². The second-order valence-electron chi connectivity index (χ2n) is 8.87. The van der Waals surface area contributed by atoms with E-state index in [0.29, 0.717) is 54.3 Å². The number of pyridine rings is 2. The van der Waals surface area contributed by atoms with Crippen LogP contribution in [0.25, 0.3) is 22.0 Å². The Bertz CT molecular complexity index is 1480. The Morgan fingerprint density at radius 1 is 1.00 bits per heavy atom. The molecule has 3 aromatic heterocycles. The predicted octanol–water partition coefficient (Wildman–Crippen LogP) is 3.87. The van der Waals surface area contributed by atoms with Crippen LogP contribution >= 0.6 is 11.3 Å². The molecular formula is C24H20F3N5O2S. The second-order valence-corrected chi connectivity index (χ2v) is 9.65. The molecule has 1 N–H and O–H groups in total. The number of nitrogens with zero attached hydrogens (tertiary/aromatic N) is 4. The molecule has 0 spiro atoms. The summed E-state index contributed by atoms with van der Waals surface area (Å²) in [6, 6.07) is 4.52. The number of halogens is 3. The molecule has 2 aliphatic rings. The summed E-state index contributed by atoms with van der Waals surface area (Å²) in [4.78, 5) is 36.8. The van der Waals surface area contributed by atoms with Crippen molar-refractivity contribution in [2.75, 3.05) is 41.3 Å². The number of nitrogens with one attached hydrogen (secondary N) is 1. The average molecular weight is 500 g/mol. The first kappa shape index (κ1) is 22.0. The molecule has 11 heteroatoms. The molecule has 0 radical (unpaired) electrons. The van der Waals surface area contributed by atoms with E-state index in [4.69, 9.17) is 0 Å². The average Bonchev–Trinajstić information content (AvgIpc) is 3.52. The topological polar surface area (TPSA) is 78.4 Å². The van der Waals surface area contributed by atoms with Crippen molar-refractivity contribution >= 4 is 39.4 Å². The first-order valence-corrected chi connectivity index (χ1v) is 12.2. The summed E-state index contributed by atoms with van der Waals surface area (Å²) in [5.74, 6) is 0.557. The van der Waals surface area contributed by atoms with Gasteiger partial charge in [-0.05, 0) is 47.4 Å². The zero-order valence-corrected chi connectivity index (χ0v) is 19.2. The van der Waals surface area contributed by atoms with E-state index < -0.39 is 22.7 Å². The van der Waals surface area contributed by atoms with Crippen molar-refractivity contribution < 1.29 is 13.2 Å². The molecule has 2 fully saturated rings. The highest BCUT2D eigenvalue weighted by Gasteiger charge is 2.34. The molecule has 0 amide bonds. The summed E-state index contributed by atoms with van der Waals surface area (Å²) < 4.78 is 40.3. The van der Waals surface area contributed by atoms with E-state index in [1.165, 1.54) is 17.4 Å². The normalized spacial score (nSPS) is 16.9. The quantitative estimate of drug-likeness (QED) is 0.418. The van der Waals surface area contributed by atoms with Crippen molar-refractivity contribution in [2.24, 2.45) is 0 Å². The number of rotatable bonds is 5. The zero-order valence-electron chi connectivity index (χ0n) is 18.4. The van der Waals surface area contributed by atoms with Crippen LogP contribution in [0, 0.1) is 0 Å². The molecule has 0 atom stereocenters. The Labute approximate surface area is 201 Å². The molecule has 1 aliphatic carbocycles. The van der Waals surface area contributed by atoms with Gasteiger partial charge in [-0.2, -0.15) is 24.5 Å². The van der Waals surface area contributed by atoms with Gasteiger partial charge in [0.25, 0.3) is 10.9 Å². The fourth-order valence-electron chi connectivity index (χ4n) is 4.53. The van der Waals surface area contributed by atoms with Crippen LogP contribution in [-0.4, -0.2) is 42.2 Å². The van der Waals surface area contributed by atoms with Gasteiger partial charge in [0.2, 0.25) is 0 Å². The van der Waals surface area contributed by atoms with Gasteiger partial charge in [-0.3, -0.25) is 9.59 Å². The molecule has 1 saturated heterocycles. The molecule has 1 saturated carbocycles. The molecule has 1 aliphatic heterocycles. The van der Waals surface area contributed by atoms with Gasteiger partial charge in [0.15, 0.2) is 0 Å². The van der Waals surface area contributed by atoms with E-state index in [9.17, 15) is 22.8 Å². The van der Waals surface area contributed by atoms with Crippen molar-refractivity contribution in [3.63, 3.8) is 0 Å². The number of thiophene rings is 1. The van der Waals surface area contributed by atoms with E-state index in [1.807, 2.05) is 26.6 Å². The summed E-state index contributed by atoms with van der Waals surface area (Å²) in [6.07, 6.45) is -0.984. The number of fused-ring (bicyclic) bond motifs is 1. The van der Waals surface area contributed by atoms with Gasteiger partial charge in [-0.1, -0.05) is 0 Å². The van der Waals surface area contributed by atoms with Crippen molar-refractivity contribution in [3.8, 4) is 11.1 Å². The monoisotopic (exact) mass is 499 g/mol. The predicted molar refractivity (Wildman–Crippen MR) is 130 cm³/mol. The Balaban J connectivity index is 1.31. The van der Waals surface area contributed by atoms with E-state index in [-0.39, 0.29) is 11.6 Å². The largest absolute Gasteiger partial charge is 0.433 e. The Morgan fingerprint density at radius 3 is 2.40 bits per heavy atom. The van der Waals surface area contributed by atoms with Crippen LogP contribution in [-0.2, 0) is 6.18 Å². The Morgan fingerprint density at radius 2 is 1.74 bits per heavy atom. The van der Waals surface area contributed by atoms with Crippen molar-refractivity contribution in [2.45, 2.75) is 25.1 Å². The number of aromatic nitrogens is 2. The maximum atomic E-state index is 13.4. The minimum atomic E-state index is -4.55. The van der Waals surface area contributed by atoms with Crippen LogP contribution in [0.4, 0.5) is 30.4 Å². The van der Waals surface area contributed by atoms with Gasteiger partial charge in [-0.15, -0.1) is 0 Å². The van der Waals surface area contributed by atoms with Gasteiger partial charge in [0, 0.05) is 49.4 Å². The molecule has 4 heterocycles. The van der Waals surface area contributed by atoms with Crippen LogP contribution in [0.1, 0.15) is 18.5 Å². The third-order valence-electron chi connectivity index (χ3n) is 6.54. The van der Waals surface area contributed by atoms with Crippen molar-refractivity contribution in [1.82, 2.24) is 9.97 Å². The van der Waals surface area contributed by atoms with Gasteiger partial charge in [0.05, 0.1) is 5.52 Å². The van der Waals surface area contributed by atoms with Crippen LogP contribution in [0.2, 0.25) is 0 Å². The summed E-state index contributed by atoms with van der Waals surface area (Å²) in [5.41, 5.74) is 0.568. The number of hydrogen-bond donors (Lipinski definition) is 1. The first-order chi connectivity index (χ1) is 16.8. The molecule has 1 aromatic carbocycles. The smallest absolute Gasteiger partial charge is 0.377 e. The standard InChI is InChI=1S/C24H20F3N5O2S/c25-24(26,27)17-4-3-15-18(30-17)16(13-5-10-35-12-13)11-28-23(15)32-8-6-31(7-9-32)20-19(21(33)22(20)34)29-14-1-2-14/h3-5,10-12,14,29H,1-2,6-9H2. The van der Waals surface area contributed by atoms with Crippen molar-refractivity contribution in [1.29, 1.82) is 0 Å². The minimum Gasteiger partial charge on any atom is -0.377 e. The van der Waals surface area contributed by atoms with E-state index in [1.54, 1.807) is 6.20 Å². The van der Waals surface area contributed by atoms with E-state index in [2.05, 4.69) is 15.3 Å². The molecule has 0 bridgehead atoms. The van der Waals surface area contributed by atoms with Gasteiger partial charge in [0.1, 0.15) is 22.9 Å². The summed E-state index contributed by atoms with van der Waals surface area (Å²) in [5, 5.41) is 7.42. The van der Waals surface area contributed by atoms with Crippen LogP contribution in [0.5, 0.6) is 0 Å². The highest BCUT2D eigenvalue weighted by Crippen LogP contribution is 2.37. The van der Waals surface area contributed by atoms with Crippen LogP contribution < -0.4 is 26.0 Å². The number of piperazine rings is 1. The number of hydrogen-bond acceptors (Lipinski definition) is 8. The van der Waals surface area contributed by atoms with Crippen LogP contribution in [0.3, 0.4) is 0 Å². The Hall–Kier alpha value is -3.47. The molecule has 6 rings (SSSR count). The molecule has 35 heavy (non-hydrogen) atoms. The third-order valence-corrected chi connectivity index (χ3v) is 7.22. The fourth-order valence-corrected chi connectivity index (χ4v) is 5.18. The number of alkyl halides is 3. The molecule has 4 aromatic rings. The maximum Gasteiger partial charge on any atom is 0.433 e. The summed E-state index contributed by atoms with van der Waals surface area (Å²) in [7, 11) is 0. The fraction of sp³-hybridized carbons (Fsp3) is 0.333. The van der Waals surface area contributed by atoms with E-state index in [0.717, 1.165) is 24.5 Å². The molecule has 0 unspecified atom stereocenters. The highest BCUT2D eigenvalue weighted by atomic mass is 32.1.